The molecular formula is C23H16N3O5S-. The van der Waals surface area contributed by atoms with Gasteiger partial charge < -0.3 is 20.0 Å². The van der Waals surface area contributed by atoms with E-state index in [-0.39, 0.29) is 5.17 Å². The maximum atomic E-state index is 12.6. The SMILES string of the molecule is O=C([O-])C[C@@H]1S/C(=N\N=C/c2ccc(OC(=O)c3cccc4ccccc34)cc2)NC1=O. The van der Waals surface area contributed by atoms with Gasteiger partial charge in [0.05, 0.1) is 17.0 Å². The number of nitrogens with zero attached hydrogens (tertiary/aromatic N) is 2. The highest BCUT2D eigenvalue weighted by Gasteiger charge is 2.30. The Hall–Kier alpha value is -3.98. The van der Waals surface area contributed by atoms with Crippen LogP contribution in [0.1, 0.15) is 22.3 Å². The molecule has 0 spiro atoms. The van der Waals surface area contributed by atoms with E-state index < -0.39 is 29.5 Å². The van der Waals surface area contributed by atoms with Crippen molar-refractivity contribution in [1.29, 1.82) is 0 Å². The molecule has 3 aromatic carbocycles. The van der Waals surface area contributed by atoms with E-state index in [0.29, 0.717) is 16.9 Å². The molecule has 1 aliphatic heterocycles. The highest BCUT2D eigenvalue weighted by atomic mass is 32.2. The first kappa shape index (κ1) is 21.3. The molecule has 0 radical (unpaired) electrons. The van der Waals surface area contributed by atoms with Gasteiger partial charge in [-0.05, 0) is 46.7 Å². The van der Waals surface area contributed by atoms with Gasteiger partial charge in [-0.3, -0.25) is 4.79 Å². The molecule has 1 aliphatic rings. The third-order valence-electron chi connectivity index (χ3n) is 4.58. The van der Waals surface area contributed by atoms with Crippen LogP contribution in [-0.4, -0.2) is 34.5 Å². The molecule has 32 heavy (non-hydrogen) atoms. The largest absolute Gasteiger partial charge is 0.550 e. The fourth-order valence-electron chi connectivity index (χ4n) is 3.07. The fraction of sp³-hybridized carbons (Fsp3) is 0.0870. The van der Waals surface area contributed by atoms with Crippen molar-refractivity contribution in [2.24, 2.45) is 10.2 Å². The number of hydrogen-bond acceptors (Lipinski definition) is 8. The summed E-state index contributed by atoms with van der Waals surface area (Å²) in [7, 11) is 0. The predicted octanol–water partition coefficient (Wildman–Crippen LogP) is 2.12. The smallest absolute Gasteiger partial charge is 0.344 e. The number of nitrogens with one attached hydrogen (secondary N) is 1. The molecule has 1 atom stereocenters. The van der Waals surface area contributed by atoms with Crippen molar-refractivity contribution in [2.75, 3.05) is 0 Å². The van der Waals surface area contributed by atoms with Gasteiger partial charge in [0.1, 0.15) is 5.75 Å². The van der Waals surface area contributed by atoms with Gasteiger partial charge >= 0.3 is 5.97 Å². The third kappa shape index (κ3) is 5.01. The topological polar surface area (TPSA) is 120 Å². The van der Waals surface area contributed by atoms with Crippen LogP contribution in [0.2, 0.25) is 0 Å². The Labute approximate surface area is 187 Å². The predicted molar refractivity (Wildman–Crippen MR) is 120 cm³/mol. The Bertz CT molecular complexity index is 1250. The summed E-state index contributed by atoms with van der Waals surface area (Å²) in [6, 6.07) is 19.7. The number of benzene rings is 3. The van der Waals surface area contributed by atoms with Gasteiger partial charge in [0.2, 0.25) is 5.91 Å². The number of hydrogen-bond donors (Lipinski definition) is 1. The zero-order chi connectivity index (χ0) is 22.5. The summed E-state index contributed by atoms with van der Waals surface area (Å²) in [5.74, 6) is -1.81. The van der Waals surface area contributed by atoms with Gasteiger partial charge in [0, 0.05) is 12.4 Å². The molecule has 1 amide bonds. The van der Waals surface area contributed by atoms with Crippen LogP contribution in [-0.2, 0) is 9.59 Å². The van der Waals surface area contributed by atoms with Crippen molar-refractivity contribution in [1.82, 2.24) is 5.32 Å². The average molecular weight is 446 g/mol. The minimum Gasteiger partial charge on any atom is -0.550 e. The quantitative estimate of drug-likeness (QED) is 0.268. The minimum atomic E-state index is -1.30. The van der Waals surface area contributed by atoms with Crippen molar-refractivity contribution >= 4 is 51.8 Å². The first-order valence-electron chi connectivity index (χ1n) is 9.58. The number of aliphatic carboxylic acids is 1. The number of fused-ring (bicyclic) bond motifs is 1. The second-order valence-electron chi connectivity index (χ2n) is 6.81. The molecule has 1 saturated heterocycles. The highest BCUT2D eigenvalue weighted by Crippen LogP contribution is 2.22. The first-order chi connectivity index (χ1) is 15.5. The molecule has 0 aliphatic carbocycles. The number of carbonyl (C=O) groups excluding carboxylic acids is 3. The van der Waals surface area contributed by atoms with Gasteiger partial charge in [-0.15, -0.1) is 5.10 Å². The van der Waals surface area contributed by atoms with Crippen molar-refractivity contribution in [3.63, 3.8) is 0 Å². The lowest BCUT2D eigenvalue weighted by molar-refractivity contribution is -0.305. The van der Waals surface area contributed by atoms with Crippen LogP contribution < -0.4 is 15.2 Å². The first-order valence-corrected chi connectivity index (χ1v) is 10.5. The van der Waals surface area contributed by atoms with Crippen LogP contribution in [0.25, 0.3) is 10.8 Å². The highest BCUT2D eigenvalue weighted by molar-refractivity contribution is 8.15. The van der Waals surface area contributed by atoms with Crippen molar-refractivity contribution in [3.05, 3.63) is 77.9 Å². The zero-order valence-electron chi connectivity index (χ0n) is 16.6. The van der Waals surface area contributed by atoms with Gasteiger partial charge in [0.25, 0.3) is 0 Å². The molecule has 0 saturated carbocycles. The van der Waals surface area contributed by atoms with Gasteiger partial charge in [-0.2, -0.15) is 5.10 Å². The van der Waals surface area contributed by atoms with E-state index in [0.717, 1.165) is 22.5 Å². The molecule has 0 aromatic heterocycles. The number of rotatable bonds is 6. The molecule has 1 N–H and O–H groups in total. The third-order valence-corrected chi connectivity index (χ3v) is 5.66. The molecule has 8 nitrogen and oxygen atoms in total. The molecular weight excluding hydrogens is 430 g/mol. The number of ether oxygens (including phenoxy) is 1. The molecule has 9 heteroatoms. The Morgan fingerprint density at radius 1 is 1.06 bits per heavy atom. The van der Waals surface area contributed by atoms with Crippen LogP contribution in [0, 0.1) is 0 Å². The summed E-state index contributed by atoms with van der Waals surface area (Å²) >= 11 is 0.987. The minimum absolute atomic E-state index is 0.220. The van der Waals surface area contributed by atoms with Gasteiger partial charge in [0.15, 0.2) is 5.17 Å². The summed E-state index contributed by atoms with van der Waals surface area (Å²) in [4.78, 5) is 34.9. The Morgan fingerprint density at radius 2 is 1.81 bits per heavy atom. The standard InChI is InChI=1S/C23H17N3O5S/c27-20(28)12-19-21(29)25-23(32-19)26-24-13-14-8-10-16(11-9-14)31-22(30)18-7-3-5-15-4-1-2-6-17(15)18/h1-11,13,19H,12H2,(H,27,28)(H,25,26,29)/p-1/b24-13-/t19-/m0/s1. The summed E-state index contributed by atoms with van der Waals surface area (Å²) in [6.45, 7) is 0. The van der Waals surface area contributed by atoms with Crippen LogP contribution in [0.3, 0.4) is 0 Å². The van der Waals surface area contributed by atoms with E-state index in [1.807, 2.05) is 36.4 Å². The lowest BCUT2D eigenvalue weighted by Crippen LogP contribution is -2.31. The number of carboxylic acid groups (broad SMARTS) is 1. The summed E-state index contributed by atoms with van der Waals surface area (Å²) in [5, 5.41) is 22.1. The van der Waals surface area contributed by atoms with E-state index >= 15 is 0 Å². The number of amidine groups is 1. The molecule has 0 bridgehead atoms. The van der Waals surface area contributed by atoms with Crippen molar-refractivity contribution in [3.8, 4) is 5.75 Å². The lowest BCUT2D eigenvalue weighted by atomic mass is 10.0. The van der Waals surface area contributed by atoms with Gasteiger partial charge in [-0.25, -0.2) is 4.79 Å². The van der Waals surface area contributed by atoms with E-state index in [1.54, 1.807) is 30.3 Å². The average Bonchev–Trinajstić information content (AvgIpc) is 3.12. The maximum absolute atomic E-state index is 12.6. The Morgan fingerprint density at radius 3 is 2.59 bits per heavy atom. The molecule has 3 aromatic rings. The summed E-state index contributed by atoms with van der Waals surface area (Å²) in [5.41, 5.74) is 1.18. The van der Waals surface area contributed by atoms with Crippen LogP contribution in [0.4, 0.5) is 0 Å². The van der Waals surface area contributed by atoms with Crippen LogP contribution in [0.5, 0.6) is 5.75 Å². The van der Waals surface area contributed by atoms with Crippen LogP contribution in [0.15, 0.2) is 76.9 Å². The lowest BCUT2D eigenvalue weighted by Gasteiger charge is -2.07. The van der Waals surface area contributed by atoms with E-state index in [9.17, 15) is 19.5 Å². The van der Waals surface area contributed by atoms with Crippen LogP contribution >= 0.6 is 11.8 Å². The molecule has 1 fully saturated rings. The normalized spacial score (nSPS) is 17.1. The molecule has 1 heterocycles. The zero-order valence-corrected chi connectivity index (χ0v) is 17.4. The van der Waals surface area contributed by atoms with E-state index in [1.165, 1.54) is 6.21 Å². The number of amides is 1. The molecule has 0 unspecified atom stereocenters. The van der Waals surface area contributed by atoms with Gasteiger partial charge in [-0.1, -0.05) is 48.2 Å². The summed E-state index contributed by atoms with van der Waals surface area (Å²) < 4.78 is 5.49. The van der Waals surface area contributed by atoms with Crippen molar-refractivity contribution in [2.45, 2.75) is 11.7 Å². The fourth-order valence-corrected chi connectivity index (χ4v) is 3.98. The number of esters is 1. The Kier molecular flexibility index (Phi) is 6.27. The van der Waals surface area contributed by atoms with E-state index in [4.69, 9.17) is 4.74 Å². The van der Waals surface area contributed by atoms with E-state index in [2.05, 4.69) is 15.5 Å². The molecule has 4 rings (SSSR count). The summed E-state index contributed by atoms with van der Waals surface area (Å²) in [6.07, 6.45) is 1.07. The molecule has 160 valence electrons. The second-order valence-corrected chi connectivity index (χ2v) is 8.00. The maximum Gasteiger partial charge on any atom is 0.344 e. The number of carbonyl (C=O) groups is 3. The number of thioether (sulfide) groups is 1. The monoisotopic (exact) mass is 446 g/mol. The second kappa shape index (κ2) is 9.44. The Balaban J connectivity index is 1.39. The number of carboxylic acids is 1. The van der Waals surface area contributed by atoms with Crippen molar-refractivity contribution < 1.29 is 24.2 Å².